The lowest BCUT2D eigenvalue weighted by Gasteiger charge is -1.50. The summed E-state index contributed by atoms with van der Waals surface area (Å²) in [5.74, 6) is 0. The lowest BCUT2D eigenvalue weighted by Crippen LogP contribution is -1.61. The highest BCUT2D eigenvalue weighted by Crippen LogP contribution is 1.93. The summed E-state index contributed by atoms with van der Waals surface area (Å²) in [5.41, 5.74) is 6.61. The molecule has 0 amide bonds. The second kappa shape index (κ2) is 77.3. The molecule has 0 atom stereocenters. The van der Waals surface area contributed by atoms with Crippen LogP contribution in [0.2, 0.25) is 0 Å². The largest absolute Gasteiger partial charge is 0.473 e. The topological polar surface area (TPSA) is 496 Å². The number of hydrogen-bond acceptors (Lipinski definition) is 37. The quantitative estimate of drug-likeness (QED) is 0.0821. The first kappa shape index (κ1) is 80.2. The fraction of sp³-hybridized carbons (Fsp3) is 0. The predicted octanol–water partition coefficient (Wildman–Crippen LogP) is 11.0. The maximum Gasteiger partial charge on any atom is 0.235 e. The van der Waals surface area contributed by atoms with Gasteiger partial charge in [0.15, 0.2) is 6.33 Å². The van der Waals surface area contributed by atoms with Gasteiger partial charge in [-0.3, -0.25) is 15.3 Å². The third-order valence-corrected chi connectivity index (χ3v) is 9.83. The van der Waals surface area contributed by atoms with E-state index in [0.29, 0.717) is 0 Å². The SMILES string of the molecule is c1c[nH]cn1.c1cc[nH]c1.c1ccoc1.c1ccoc1.c1ccoc1.c1ccsc1.c1ccsc1.c1ccsc1.c1cn[nH]c1.c1cn[nH]n1.c1cnon1.c1nc[nH]n1.c1nc[nH]n1.c1ncon1.c1ncsn1.c1nnco1.c1nncs1.c1nnno1.c1nnns1. The van der Waals surface area contributed by atoms with Gasteiger partial charge < -0.3 is 36.7 Å². The van der Waals surface area contributed by atoms with E-state index in [1.165, 1.54) is 104 Å². The second-order valence-corrected chi connectivity index (χ2v) is 17.4. The van der Waals surface area contributed by atoms with Crippen molar-refractivity contribution in [1.82, 2.24) is 152 Å². The van der Waals surface area contributed by atoms with Crippen molar-refractivity contribution in [3.8, 4) is 0 Å². The van der Waals surface area contributed by atoms with Crippen LogP contribution in [0.1, 0.15) is 0 Å². The van der Waals surface area contributed by atoms with Crippen molar-refractivity contribution in [2.45, 2.75) is 0 Å². The molecule has 6 N–H and O–H groups in total. The summed E-state index contributed by atoms with van der Waals surface area (Å²) in [6.07, 6.45) is 41.9. The molecule has 19 heterocycles. The van der Waals surface area contributed by atoms with Crippen molar-refractivity contribution in [3.05, 3.63) is 315 Å². The molecule has 0 aliphatic rings. The first-order valence-electron chi connectivity index (χ1n) is 25.3. The lowest BCUT2D eigenvalue weighted by atomic mass is 10.7. The van der Waals surface area contributed by atoms with E-state index in [9.17, 15) is 0 Å². The molecule has 0 saturated heterocycles. The highest BCUT2D eigenvalue weighted by atomic mass is 32.1. The van der Waals surface area contributed by atoms with E-state index in [-0.39, 0.29) is 0 Å². The molecule has 0 spiro atoms. The molecule has 0 fully saturated rings. The maximum absolute atomic E-state index is 4.58. The molecule has 19 rings (SSSR count). The van der Waals surface area contributed by atoms with E-state index >= 15 is 0 Å². The van der Waals surface area contributed by atoms with Crippen LogP contribution in [0, 0.1) is 0 Å². The number of hydrogen-bond donors (Lipinski definition) is 6. The number of rotatable bonds is 0. The first-order valence-corrected chi connectivity index (χ1v) is 30.7. The second-order valence-electron chi connectivity index (χ2n) is 13.0. The Kier molecular flexibility index (Phi) is 65.2. The smallest absolute Gasteiger partial charge is 0.235 e. The van der Waals surface area contributed by atoms with Crippen LogP contribution in [0.25, 0.3) is 0 Å². The zero-order chi connectivity index (χ0) is 67.2. The Morgan fingerprint density at radius 3 is 1.05 bits per heavy atom. The van der Waals surface area contributed by atoms with E-state index in [2.05, 4.69) is 183 Å². The Hall–Kier alpha value is -12.8. The highest BCUT2D eigenvalue weighted by Gasteiger charge is 1.68. The minimum Gasteiger partial charge on any atom is -0.473 e. The molecule has 95 heavy (non-hydrogen) atoms. The molecular formula is C52H58N30O7S6. The van der Waals surface area contributed by atoms with Crippen molar-refractivity contribution in [2.24, 2.45) is 0 Å². The van der Waals surface area contributed by atoms with Crippen LogP contribution < -0.4 is 0 Å². The minimum absolute atomic E-state index is 1.15. The zero-order valence-electron chi connectivity index (χ0n) is 49.1. The Morgan fingerprint density at radius 2 is 0.905 bits per heavy atom. The van der Waals surface area contributed by atoms with Gasteiger partial charge >= 0.3 is 0 Å². The van der Waals surface area contributed by atoms with E-state index in [1.54, 1.807) is 137 Å². The van der Waals surface area contributed by atoms with E-state index < -0.39 is 0 Å². The summed E-state index contributed by atoms with van der Waals surface area (Å²) in [6, 6.07) is 28.8. The fourth-order valence-corrected chi connectivity index (χ4v) is 5.58. The van der Waals surface area contributed by atoms with Crippen LogP contribution in [0.3, 0.4) is 0 Å². The number of furan rings is 3. The molecule has 37 nitrogen and oxygen atoms in total. The maximum atomic E-state index is 4.58. The van der Waals surface area contributed by atoms with Gasteiger partial charge in [-0.1, -0.05) is 61.5 Å². The molecule has 0 aromatic carbocycles. The number of H-pyrrole nitrogens is 6. The van der Waals surface area contributed by atoms with Gasteiger partial charge in [0.25, 0.3) is 0 Å². The summed E-state index contributed by atoms with van der Waals surface area (Å²) in [5, 5.41) is 78.9. The van der Waals surface area contributed by atoms with Crippen molar-refractivity contribution < 1.29 is 31.3 Å². The fourth-order valence-electron chi connectivity index (χ4n) is 3.46. The van der Waals surface area contributed by atoms with Crippen LogP contribution in [-0.4, -0.2) is 152 Å². The molecule has 0 aliphatic carbocycles. The van der Waals surface area contributed by atoms with Crippen molar-refractivity contribution >= 4 is 68.4 Å². The van der Waals surface area contributed by atoms with Gasteiger partial charge in [0.2, 0.25) is 25.6 Å². The van der Waals surface area contributed by atoms with Gasteiger partial charge in [-0.05, 0) is 109 Å². The van der Waals surface area contributed by atoms with Crippen LogP contribution >= 0.6 is 68.4 Å². The molecule has 0 aliphatic heterocycles. The molecule has 19 aromatic rings. The summed E-state index contributed by atoms with van der Waals surface area (Å²) >= 11 is 9.22. The molecule has 19 aromatic heterocycles. The van der Waals surface area contributed by atoms with Gasteiger partial charge in [0.1, 0.15) is 53.7 Å². The van der Waals surface area contributed by atoms with Gasteiger partial charge in [0, 0.05) is 48.7 Å². The lowest BCUT2D eigenvalue weighted by molar-refractivity contribution is 0.307. The molecule has 0 radical (unpaired) electrons. The van der Waals surface area contributed by atoms with Crippen LogP contribution in [0.4, 0.5) is 0 Å². The molecule has 0 unspecified atom stereocenters. The standard InChI is InChI=1S/C4H5N.3C4H4O.3C4H4S.2C3H4N2.3C2H3N3.3C2H2N2O.2C2H2N2S.CHN3O.CHN3S/c7*1-2-4-5-3-1;1-2-5-3-4-1;1-2-4-5-3-1;2*1-3-2-5-4-1;1-2-4-5-3-1;1-3-4-2-5-1;1-3-2-5-4-1;1-2-4-5-3-1;1-3-4-2-5-1;1-3-2-5-4-1;2*1-2-3-4-5-1/h1-5H;6*1-4H;2*1-3H,(H,4,5);3*1-2H,(H,3,4,5);5*1-2H;2*1H. The number of thiophene rings is 3. The van der Waals surface area contributed by atoms with Crippen LogP contribution in [0.15, 0.2) is 346 Å². The average Bonchev–Trinajstić information content (AvgIpc) is 4.55. The molecule has 0 saturated carbocycles. The number of imidazole rings is 1. The normalized spacial score (nSPS) is 8.00. The highest BCUT2D eigenvalue weighted by molar-refractivity contribution is 7.08. The summed E-state index contributed by atoms with van der Waals surface area (Å²) in [6.45, 7) is 0. The van der Waals surface area contributed by atoms with Crippen molar-refractivity contribution in [1.29, 1.82) is 0 Å². The minimum atomic E-state index is 1.15. The van der Waals surface area contributed by atoms with Crippen LogP contribution in [0.5, 0.6) is 0 Å². The third-order valence-electron chi connectivity index (χ3n) is 6.73. The monoisotopic (exact) mass is 1410 g/mol. The van der Waals surface area contributed by atoms with Crippen molar-refractivity contribution in [3.63, 3.8) is 0 Å². The molecular weight excluding hydrogens is 1350 g/mol. The van der Waals surface area contributed by atoms with E-state index in [0.717, 1.165) is 6.39 Å². The molecule has 494 valence electrons. The van der Waals surface area contributed by atoms with Crippen molar-refractivity contribution in [2.75, 3.05) is 0 Å². The van der Waals surface area contributed by atoms with Gasteiger partial charge in [0.05, 0.1) is 74.0 Å². The average molecular weight is 1410 g/mol. The number of aromatic amines is 6. The Balaban J connectivity index is 0.000000501. The Labute approximate surface area is 562 Å². The van der Waals surface area contributed by atoms with Gasteiger partial charge in [-0.15, -0.1) is 36.8 Å². The number of aromatic nitrogens is 30. The first-order chi connectivity index (χ1) is 47.5. The third kappa shape index (κ3) is 75.3. The zero-order valence-corrected chi connectivity index (χ0v) is 54.0. The summed E-state index contributed by atoms with van der Waals surface area (Å²) < 4.78 is 37.6. The Morgan fingerprint density at radius 1 is 0.316 bits per heavy atom. The predicted molar refractivity (Wildman–Crippen MR) is 349 cm³/mol. The van der Waals surface area contributed by atoms with Crippen LogP contribution in [-0.2, 0) is 0 Å². The number of nitrogens with one attached hydrogen (secondary N) is 6. The molecule has 0 bridgehead atoms. The van der Waals surface area contributed by atoms with Gasteiger partial charge in [-0.25, -0.2) is 29.5 Å². The summed E-state index contributed by atoms with van der Waals surface area (Å²) in [7, 11) is 0. The molecule has 43 heteroatoms. The number of nitrogens with zero attached hydrogens (tertiary/aromatic N) is 24. The summed E-state index contributed by atoms with van der Waals surface area (Å²) in [4.78, 5) is 23.5. The van der Waals surface area contributed by atoms with Gasteiger partial charge in [-0.2, -0.15) is 69.1 Å². The van der Waals surface area contributed by atoms with E-state index in [1.807, 2.05) is 136 Å². The van der Waals surface area contributed by atoms with E-state index in [4.69, 9.17) is 0 Å². The Bertz CT molecular complexity index is 2280.